The van der Waals surface area contributed by atoms with Crippen LogP contribution in [0.4, 0.5) is 13.2 Å². The fourth-order valence-corrected chi connectivity index (χ4v) is 4.11. The number of hydrogen-bond acceptors (Lipinski definition) is 0. The second-order valence-corrected chi connectivity index (χ2v) is 11.1. The monoisotopic (exact) mass is 418 g/mol. The fraction of sp³-hybridized carbons (Fsp3) is 0.556. The molecule has 0 spiro atoms. The van der Waals surface area contributed by atoms with Crippen molar-refractivity contribution in [2.45, 2.75) is 97.6 Å². The Balaban J connectivity index is 2.29. The molecule has 0 fully saturated rings. The lowest BCUT2D eigenvalue weighted by Crippen LogP contribution is -2.25. The minimum atomic E-state index is -4.32. The van der Waals surface area contributed by atoms with E-state index in [9.17, 15) is 13.2 Å². The van der Waals surface area contributed by atoms with E-state index in [2.05, 4.69) is 59.7 Å². The number of halogens is 3. The Morgan fingerprint density at radius 1 is 0.600 bits per heavy atom. The van der Waals surface area contributed by atoms with Gasteiger partial charge >= 0.3 is 6.18 Å². The summed E-state index contributed by atoms with van der Waals surface area (Å²) in [5, 5.41) is 0. The SMILES string of the molecule is Cc1ccc(C(C)(C)CCC(C)(C)c2ccc(C)c(C(F)(F)F)c2)cc1C(C)(C)C. The van der Waals surface area contributed by atoms with Gasteiger partial charge in [-0.3, -0.25) is 0 Å². The molecule has 0 bridgehead atoms. The smallest absolute Gasteiger partial charge is 0.166 e. The molecule has 2 aromatic rings. The molecule has 3 heteroatoms. The van der Waals surface area contributed by atoms with Crippen molar-refractivity contribution in [2.75, 3.05) is 0 Å². The molecule has 0 amide bonds. The number of hydrogen-bond donors (Lipinski definition) is 0. The van der Waals surface area contributed by atoms with E-state index in [0.717, 1.165) is 18.4 Å². The standard InChI is InChI=1S/C27H37F3/c1-18-10-12-20(16-22(18)24(3,4)5)25(6,7)14-15-26(8,9)21-13-11-19(2)23(17-21)27(28,29)30/h10-13,16-17H,14-15H2,1-9H3. The van der Waals surface area contributed by atoms with Crippen LogP contribution < -0.4 is 0 Å². The highest BCUT2D eigenvalue weighted by molar-refractivity contribution is 5.39. The molecule has 0 aliphatic heterocycles. The minimum absolute atomic E-state index is 0.0669. The average Bonchev–Trinajstić information content (AvgIpc) is 2.58. The maximum Gasteiger partial charge on any atom is 0.416 e. The summed E-state index contributed by atoms with van der Waals surface area (Å²) in [7, 11) is 0. The molecule has 0 saturated carbocycles. The number of alkyl halides is 3. The van der Waals surface area contributed by atoms with Crippen LogP contribution in [0.25, 0.3) is 0 Å². The predicted octanol–water partition coefficient (Wildman–Crippen LogP) is 8.66. The van der Waals surface area contributed by atoms with Gasteiger partial charge in [-0.15, -0.1) is 0 Å². The van der Waals surface area contributed by atoms with Gasteiger partial charge in [0, 0.05) is 0 Å². The van der Waals surface area contributed by atoms with Gasteiger partial charge in [-0.05, 0) is 76.8 Å². The highest BCUT2D eigenvalue weighted by atomic mass is 19.4. The number of aryl methyl sites for hydroxylation is 2. The molecule has 0 aliphatic carbocycles. The van der Waals surface area contributed by atoms with Gasteiger partial charge in [-0.1, -0.05) is 78.8 Å². The lowest BCUT2D eigenvalue weighted by atomic mass is 9.71. The molecule has 0 heterocycles. The van der Waals surface area contributed by atoms with Crippen molar-refractivity contribution < 1.29 is 13.2 Å². The summed E-state index contributed by atoms with van der Waals surface area (Å²) in [4.78, 5) is 0. The molecule has 166 valence electrons. The average molecular weight is 419 g/mol. The Hall–Kier alpha value is -1.77. The summed E-state index contributed by atoms with van der Waals surface area (Å²) in [6.45, 7) is 18.9. The van der Waals surface area contributed by atoms with Crippen molar-refractivity contribution in [1.29, 1.82) is 0 Å². The van der Waals surface area contributed by atoms with Crippen LogP contribution in [-0.4, -0.2) is 0 Å². The minimum Gasteiger partial charge on any atom is -0.166 e. The van der Waals surface area contributed by atoms with E-state index in [4.69, 9.17) is 0 Å². The summed E-state index contributed by atoms with van der Waals surface area (Å²) in [6.07, 6.45) is -2.62. The van der Waals surface area contributed by atoms with Crippen molar-refractivity contribution in [2.24, 2.45) is 0 Å². The van der Waals surface area contributed by atoms with Gasteiger partial charge in [0.05, 0.1) is 5.56 Å². The Bertz CT molecular complexity index is 818. The summed E-state index contributed by atoms with van der Waals surface area (Å²) >= 11 is 0. The van der Waals surface area contributed by atoms with Gasteiger partial charge in [0.1, 0.15) is 0 Å². The van der Waals surface area contributed by atoms with Crippen molar-refractivity contribution in [3.05, 3.63) is 69.8 Å². The van der Waals surface area contributed by atoms with Crippen LogP contribution in [0, 0.1) is 13.8 Å². The molecule has 2 aromatic carbocycles. The van der Waals surface area contributed by atoms with E-state index >= 15 is 0 Å². The lowest BCUT2D eigenvalue weighted by Gasteiger charge is -2.34. The van der Waals surface area contributed by atoms with Crippen LogP contribution in [0.1, 0.15) is 94.7 Å². The Morgan fingerprint density at radius 2 is 0.967 bits per heavy atom. The molecule has 0 N–H and O–H groups in total. The molecular weight excluding hydrogens is 381 g/mol. The van der Waals surface area contributed by atoms with Crippen LogP contribution in [0.5, 0.6) is 0 Å². The molecule has 0 aromatic heterocycles. The summed E-state index contributed by atoms with van der Waals surface area (Å²) in [5.74, 6) is 0. The third-order valence-electron chi connectivity index (χ3n) is 6.53. The Morgan fingerprint density at radius 3 is 1.33 bits per heavy atom. The van der Waals surface area contributed by atoms with E-state index in [-0.39, 0.29) is 21.8 Å². The zero-order valence-corrected chi connectivity index (χ0v) is 20.0. The third kappa shape index (κ3) is 5.47. The van der Waals surface area contributed by atoms with E-state index in [1.165, 1.54) is 29.7 Å². The van der Waals surface area contributed by atoms with Crippen LogP contribution in [0.3, 0.4) is 0 Å². The molecule has 0 saturated heterocycles. The van der Waals surface area contributed by atoms with Gasteiger partial charge < -0.3 is 0 Å². The molecule has 0 radical (unpaired) electrons. The van der Waals surface area contributed by atoms with E-state index in [0.29, 0.717) is 0 Å². The summed E-state index contributed by atoms with van der Waals surface area (Å²) < 4.78 is 40.1. The fourth-order valence-electron chi connectivity index (χ4n) is 4.11. The molecule has 0 unspecified atom stereocenters. The molecule has 30 heavy (non-hydrogen) atoms. The molecule has 0 aliphatic rings. The first-order valence-electron chi connectivity index (χ1n) is 10.8. The quantitative estimate of drug-likeness (QED) is 0.456. The Labute approximate surface area is 180 Å². The van der Waals surface area contributed by atoms with Gasteiger partial charge in [0.25, 0.3) is 0 Å². The maximum atomic E-state index is 13.4. The van der Waals surface area contributed by atoms with Gasteiger partial charge in [-0.2, -0.15) is 13.2 Å². The van der Waals surface area contributed by atoms with Crippen molar-refractivity contribution in [3.63, 3.8) is 0 Å². The molecule has 2 rings (SSSR count). The second-order valence-electron chi connectivity index (χ2n) is 11.1. The molecular formula is C27H37F3. The zero-order chi connectivity index (χ0) is 23.1. The first-order chi connectivity index (χ1) is 13.4. The third-order valence-corrected chi connectivity index (χ3v) is 6.53. The zero-order valence-electron chi connectivity index (χ0n) is 20.0. The van der Waals surface area contributed by atoms with Crippen molar-refractivity contribution in [3.8, 4) is 0 Å². The number of rotatable bonds is 5. The van der Waals surface area contributed by atoms with Gasteiger partial charge in [0.15, 0.2) is 0 Å². The topological polar surface area (TPSA) is 0 Å². The van der Waals surface area contributed by atoms with E-state index < -0.39 is 11.7 Å². The first-order valence-corrected chi connectivity index (χ1v) is 10.8. The largest absolute Gasteiger partial charge is 0.416 e. The second kappa shape index (κ2) is 8.05. The molecule has 0 nitrogen and oxygen atoms in total. The predicted molar refractivity (Wildman–Crippen MR) is 121 cm³/mol. The van der Waals surface area contributed by atoms with Crippen LogP contribution in [-0.2, 0) is 22.4 Å². The van der Waals surface area contributed by atoms with Crippen LogP contribution >= 0.6 is 0 Å². The van der Waals surface area contributed by atoms with Crippen LogP contribution in [0.15, 0.2) is 36.4 Å². The molecule has 0 atom stereocenters. The van der Waals surface area contributed by atoms with Crippen molar-refractivity contribution >= 4 is 0 Å². The summed E-state index contributed by atoms with van der Waals surface area (Å²) in [6, 6.07) is 11.5. The maximum absolute atomic E-state index is 13.4. The normalized spacial score (nSPS) is 13.6. The van der Waals surface area contributed by atoms with E-state index in [1.54, 1.807) is 6.07 Å². The van der Waals surface area contributed by atoms with Crippen LogP contribution in [0.2, 0.25) is 0 Å². The highest BCUT2D eigenvalue weighted by Crippen LogP contribution is 2.40. The lowest BCUT2D eigenvalue weighted by molar-refractivity contribution is -0.138. The van der Waals surface area contributed by atoms with E-state index in [1.807, 2.05) is 19.9 Å². The van der Waals surface area contributed by atoms with Gasteiger partial charge in [0.2, 0.25) is 0 Å². The highest BCUT2D eigenvalue weighted by Gasteiger charge is 2.35. The summed E-state index contributed by atoms with van der Waals surface area (Å²) in [5.41, 5.74) is 4.08. The number of benzene rings is 2. The van der Waals surface area contributed by atoms with Crippen molar-refractivity contribution in [1.82, 2.24) is 0 Å². The Kier molecular flexibility index (Phi) is 6.58. The first kappa shape index (κ1) is 24.5. The van der Waals surface area contributed by atoms with Gasteiger partial charge in [-0.25, -0.2) is 0 Å².